The molecule has 1 amide bonds. The lowest BCUT2D eigenvalue weighted by atomic mass is 10.0. The first-order chi connectivity index (χ1) is 9.80. The number of rotatable bonds is 4. The molecular formula is C15H17FN2O2S. The van der Waals surface area contributed by atoms with E-state index in [1.807, 2.05) is 6.92 Å². The van der Waals surface area contributed by atoms with Gasteiger partial charge in [0.05, 0.1) is 6.04 Å². The lowest BCUT2D eigenvalue weighted by molar-refractivity contribution is -0.125. The summed E-state index contributed by atoms with van der Waals surface area (Å²) < 4.78 is 12.1. The number of amides is 1. The summed E-state index contributed by atoms with van der Waals surface area (Å²) in [5, 5.41) is 3.21. The molecule has 1 aliphatic heterocycles. The zero-order valence-electron chi connectivity index (χ0n) is 12.1. The van der Waals surface area contributed by atoms with Crippen LogP contribution < -0.4 is 5.32 Å². The van der Waals surface area contributed by atoms with E-state index in [1.165, 1.54) is 30.8 Å². The maximum absolute atomic E-state index is 12.9. The molecule has 0 saturated carbocycles. The van der Waals surface area contributed by atoms with Crippen molar-refractivity contribution in [2.75, 3.05) is 0 Å². The van der Waals surface area contributed by atoms with Gasteiger partial charge in [-0.1, -0.05) is 23.9 Å². The van der Waals surface area contributed by atoms with Gasteiger partial charge in [0.1, 0.15) is 16.3 Å². The van der Waals surface area contributed by atoms with Gasteiger partial charge in [0.25, 0.3) is 0 Å². The maximum Gasteiger partial charge on any atom is 0.242 e. The average molecular weight is 308 g/mol. The number of thioether (sulfide) groups is 1. The SMILES string of the molecule is CC(=O)CC1(C)SC(=N[C@@H](C)c2ccc(F)cc2)NC1=O. The van der Waals surface area contributed by atoms with Gasteiger partial charge in [-0.25, -0.2) is 4.39 Å². The predicted octanol–water partition coefficient (Wildman–Crippen LogP) is 2.84. The molecule has 1 aliphatic rings. The molecule has 1 heterocycles. The molecule has 21 heavy (non-hydrogen) atoms. The fourth-order valence-corrected chi connectivity index (χ4v) is 3.36. The Morgan fingerprint density at radius 3 is 2.62 bits per heavy atom. The number of ketones is 1. The van der Waals surface area contributed by atoms with Gasteiger partial charge in [-0.2, -0.15) is 0 Å². The van der Waals surface area contributed by atoms with Crippen molar-refractivity contribution in [2.24, 2.45) is 4.99 Å². The van der Waals surface area contributed by atoms with Crippen LogP contribution in [0.1, 0.15) is 38.8 Å². The fourth-order valence-electron chi connectivity index (χ4n) is 2.16. The topological polar surface area (TPSA) is 58.5 Å². The second kappa shape index (κ2) is 5.97. The Labute approximate surface area is 127 Å². The smallest absolute Gasteiger partial charge is 0.242 e. The van der Waals surface area contributed by atoms with E-state index in [2.05, 4.69) is 10.3 Å². The van der Waals surface area contributed by atoms with Crippen molar-refractivity contribution >= 4 is 28.6 Å². The maximum atomic E-state index is 12.9. The number of benzene rings is 1. The van der Waals surface area contributed by atoms with Crippen molar-refractivity contribution in [2.45, 2.75) is 38.0 Å². The van der Waals surface area contributed by atoms with Gasteiger partial charge >= 0.3 is 0 Å². The van der Waals surface area contributed by atoms with Gasteiger partial charge in [0, 0.05) is 6.42 Å². The van der Waals surface area contributed by atoms with Crippen LogP contribution in [0, 0.1) is 5.82 Å². The van der Waals surface area contributed by atoms with Crippen molar-refractivity contribution < 1.29 is 14.0 Å². The molecule has 112 valence electrons. The van der Waals surface area contributed by atoms with Gasteiger partial charge in [-0.05, 0) is 38.5 Å². The van der Waals surface area contributed by atoms with Gasteiger partial charge in [0.15, 0.2) is 5.17 Å². The average Bonchev–Trinajstić information content (AvgIpc) is 2.63. The largest absolute Gasteiger partial charge is 0.304 e. The fraction of sp³-hybridized carbons (Fsp3) is 0.400. The summed E-state index contributed by atoms with van der Waals surface area (Å²) in [6.45, 7) is 5.07. The molecular weight excluding hydrogens is 291 g/mol. The van der Waals surface area contributed by atoms with Crippen molar-refractivity contribution in [1.29, 1.82) is 0 Å². The lowest BCUT2D eigenvalue weighted by Gasteiger charge is -2.16. The van der Waals surface area contributed by atoms with Crippen molar-refractivity contribution in [3.63, 3.8) is 0 Å². The minimum absolute atomic E-state index is 0.0343. The first-order valence-electron chi connectivity index (χ1n) is 6.63. The molecule has 0 bridgehead atoms. The molecule has 1 unspecified atom stereocenters. The van der Waals surface area contributed by atoms with Gasteiger partial charge in [0.2, 0.25) is 5.91 Å². The Morgan fingerprint density at radius 2 is 2.05 bits per heavy atom. The summed E-state index contributed by atoms with van der Waals surface area (Å²) in [5.74, 6) is -0.531. The normalized spacial score (nSPS) is 25.0. The first-order valence-corrected chi connectivity index (χ1v) is 7.45. The molecule has 1 aromatic rings. The van der Waals surface area contributed by atoms with Crippen LogP contribution in [0.25, 0.3) is 0 Å². The number of halogens is 1. The number of carbonyl (C=O) groups is 2. The molecule has 2 atom stereocenters. The summed E-state index contributed by atoms with van der Waals surface area (Å²) in [4.78, 5) is 27.7. The molecule has 0 aromatic heterocycles. The van der Waals surface area contributed by atoms with Crippen molar-refractivity contribution in [3.05, 3.63) is 35.6 Å². The van der Waals surface area contributed by atoms with E-state index in [1.54, 1.807) is 19.1 Å². The van der Waals surface area contributed by atoms with Gasteiger partial charge < -0.3 is 5.32 Å². The zero-order valence-corrected chi connectivity index (χ0v) is 13.0. The van der Waals surface area contributed by atoms with Crippen LogP contribution in [-0.4, -0.2) is 21.6 Å². The second-order valence-corrected chi connectivity index (χ2v) is 6.82. The highest BCUT2D eigenvalue weighted by Gasteiger charge is 2.43. The Hall–Kier alpha value is -1.69. The van der Waals surface area contributed by atoms with E-state index in [0.29, 0.717) is 5.17 Å². The highest BCUT2D eigenvalue weighted by molar-refractivity contribution is 8.16. The Kier molecular flexibility index (Phi) is 4.46. The van der Waals surface area contributed by atoms with Crippen LogP contribution in [-0.2, 0) is 9.59 Å². The summed E-state index contributed by atoms with van der Waals surface area (Å²) >= 11 is 1.27. The second-order valence-electron chi connectivity index (χ2n) is 5.33. The summed E-state index contributed by atoms with van der Waals surface area (Å²) in [7, 11) is 0. The molecule has 4 nitrogen and oxygen atoms in total. The van der Waals surface area contributed by atoms with Gasteiger partial charge in [-0.15, -0.1) is 0 Å². The van der Waals surface area contributed by atoms with Crippen LogP contribution in [0.15, 0.2) is 29.3 Å². The van der Waals surface area contributed by atoms with Crippen LogP contribution in [0.5, 0.6) is 0 Å². The monoisotopic (exact) mass is 308 g/mol. The summed E-state index contributed by atoms with van der Waals surface area (Å²) in [6.07, 6.45) is 0.174. The number of hydrogen-bond donors (Lipinski definition) is 1. The minimum Gasteiger partial charge on any atom is -0.304 e. The first kappa shape index (κ1) is 15.7. The minimum atomic E-state index is -0.798. The van der Waals surface area contributed by atoms with Crippen molar-refractivity contribution in [3.8, 4) is 0 Å². The van der Waals surface area contributed by atoms with E-state index < -0.39 is 4.75 Å². The number of hydrogen-bond acceptors (Lipinski definition) is 4. The standard InChI is InChI=1S/C15H17FN2O2S/c1-9(19)8-15(3)13(20)18-14(21-15)17-10(2)11-4-6-12(16)7-5-11/h4-7,10H,8H2,1-3H3,(H,17,18,20)/t10-,15?/m0/s1. The number of nitrogens with zero attached hydrogens (tertiary/aromatic N) is 1. The van der Waals surface area contributed by atoms with Gasteiger partial charge in [-0.3, -0.25) is 14.6 Å². The molecule has 0 aliphatic carbocycles. The molecule has 1 saturated heterocycles. The Morgan fingerprint density at radius 1 is 1.43 bits per heavy atom. The molecule has 0 spiro atoms. The Bertz CT molecular complexity index is 600. The number of amidine groups is 1. The van der Waals surface area contributed by atoms with Crippen LogP contribution in [0.2, 0.25) is 0 Å². The van der Waals surface area contributed by atoms with E-state index >= 15 is 0 Å². The van der Waals surface area contributed by atoms with Crippen LogP contribution in [0.3, 0.4) is 0 Å². The predicted molar refractivity (Wildman–Crippen MR) is 81.7 cm³/mol. The molecule has 1 fully saturated rings. The third kappa shape index (κ3) is 3.69. The molecule has 1 N–H and O–H groups in total. The number of aliphatic imine (C=N–C) groups is 1. The van der Waals surface area contributed by atoms with Crippen LogP contribution in [0.4, 0.5) is 4.39 Å². The number of carbonyl (C=O) groups excluding carboxylic acids is 2. The molecule has 6 heteroatoms. The lowest BCUT2D eigenvalue weighted by Crippen LogP contribution is -2.35. The third-order valence-corrected chi connectivity index (χ3v) is 4.45. The molecule has 1 aromatic carbocycles. The zero-order chi connectivity index (χ0) is 15.6. The number of Topliss-reactive ketones (excluding diaryl/α,β-unsaturated/α-hetero) is 1. The highest BCUT2D eigenvalue weighted by Crippen LogP contribution is 2.36. The summed E-state index contributed by atoms with van der Waals surface area (Å²) in [6, 6.07) is 5.90. The Balaban J connectivity index is 2.14. The quantitative estimate of drug-likeness (QED) is 0.930. The molecule has 0 radical (unpaired) electrons. The van der Waals surface area contributed by atoms with E-state index in [9.17, 15) is 14.0 Å². The summed E-state index contributed by atoms with van der Waals surface area (Å²) in [5.41, 5.74) is 0.860. The number of nitrogens with one attached hydrogen (secondary N) is 1. The van der Waals surface area contributed by atoms with E-state index in [-0.39, 0.29) is 30.0 Å². The highest BCUT2D eigenvalue weighted by atomic mass is 32.2. The van der Waals surface area contributed by atoms with E-state index in [0.717, 1.165) is 5.56 Å². The van der Waals surface area contributed by atoms with Crippen LogP contribution >= 0.6 is 11.8 Å². The van der Waals surface area contributed by atoms with Crippen molar-refractivity contribution in [1.82, 2.24) is 5.32 Å². The van der Waals surface area contributed by atoms with E-state index in [4.69, 9.17) is 0 Å². The molecule has 2 rings (SSSR count). The third-order valence-electron chi connectivity index (χ3n) is 3.27.